The zero-order valence-corrected chi connectivity index (χ0v) is 11.8. The van der Waals surface area contributed by atoms with Gasteiger partial charge in [0.25, 0.3) is 5.91 Å². The highest BCUT2D eigenvalue weighted by Crippen LogP contribution is 2.31. The second kappa shape index (κ2) is 5.61. The Bertz CT molecular complexity index is 471. The van der Waals surface area contributed by atoms with Gasteiger partial charge < -0.3 is 15.4 Å². The van der Waals surface area contributed by atoms with Crippen LogP contribution in [0.1, 0.15) is 36.9 Å². The van der Waals surface area contributed by atoms with Gasteiger partial charge in [-0.15, -0.1) is 0 Å². The fraction of sp³-hybridized carbons (Fsp3) is 0.533. The Balaban J connectivity index is 2.14. The summed E-state index contributed by atoms with van der Waals surface area (Å²) in [6.45, 7) is 1.77. The SMILES string of the molecule is CC(Oc1ccc2c(c1)[C@H](N)CCC2)C(=O)N(C)C. The molecule has 1 aliphatic carbocycles. The Kier molecular flexibility index (Phi) is 4.10. The lowest BCUT2D eigenvalue weighted by molar-refractivity contribution is -0.135. The summed E-state index contributed by atoms with van der Waals surface area (Å²) in [6, 6.07) is 6.07. The zero-order valence-electron chi connectivity index (χ0n) is 11.8. The molecular formula is C15H22N2O2. The third kappa shape index (κ3) is 3.07. The molecule has 1 aliphatic rings. The molecule has 1 amide bonds. The van der Waals surface area contributed by atoms with E-state index in [1.165, 1.54) is 10.5 Å². The summed E-state index contributed by atoms with van der Waals surface area (Å²) in [4.78, 5) is 13.3. The number of nitrogens with zero attached hydrogens (tertiary/aromatic N) is 1. The molecule has 0 saturated heterocycles. The molecule has 2 rings (SSSR count). The molecular weight excluding hydrogens is 240 g/mol. The lowest BCUT2D eigenvalue weighted by Gasteiger charge is -2.24. The maximum Gasteiger partial charge on any atom is 0.262 e. The number of hydrogen-bond acceptors (Lipinski definition) is 3. The highest BCUT2D eigenvalue weighted by Gasteiger charge is 2.20. The van der Waals surface area contributed by atoms with Gasteiger partial charge in [-0.2, -0.15) is 0 Å². The minimum Gasteiger partial charge on any atom is -0.481 e. The van der Waals surface area contributed by atoms with Crippen molar-refractivity contribution in [3.05, 3.63) is 29.3 Å². The van der Waals surface area contributed by atoms with Crippen molar-refractivity contribution in [3.8, 4) is 5.75 Å². The summed E-state index contributed by atoms with van der Waals surface area (Å²) < 4.78 is 5.71. The smallest absolute Gasteiger partial charge is 0.262 e. The summed E-state index contributed by atoms with van der Waals surface area (Å²) in [5.74, 6) is 0.681. The Labute approximate surface area is 114 Å². The van der Waals surface area contributed by atoms with Crippen LogP contribution in [0.4, 0.5) is 0 Å². The van der Waals surface area contributed by atoms with Crippen LogP contribution in [0, 0.1) is 0 Å². The zero-order chi connectivity index (χ0) is 14.0. The molecule has 1 aromatic carbocycles. The van der Waals surface area contributed by atoms with E-state index in [9.17, 15) is 4.79 Å². The first-order valence-electron chi connectivity index (χ1n) is 6.75. The van der Waals surface area contributed by atoms with Gasteiger partial charge in [0.1, 0.15) is 5.75 Å². The third-order valence-corrected chi connectivity index (χ3v) is 3.58. The van der Waals surface area contributed by atoms with Crippen molar-refractivity contribution in [2.45, 2.75) is 38.3 Å². The average Bonchev–Trinajstić information content (AvgIpc) is 2.38. The van der Waals surface area contributed by atoms with Crippen molar-refractivity contribution >= 4 is 5.91 Å². The summed E-state index contributed by atoms with van der Waals surface area (Å²) in [7, 11) is 3.45. The summed E-state index contributed by atoms with van der Waals surface area (Å²) in [5, 5.41) is 0. The van der Waals surface area contributed by atoms with E-state index in [-0.39, 0.29) is 11.9 Å². The fourth-order valence-corrected chi connectivity index (χ4v) is 2.51. The number of carbonyl (C=O) groups excluding carboxylic acids is 1. The van der Waals surface area contributed by atoms with E-state index in [1.807, 2.05) is 12.1 Å². The molecule has 4 nitrogen and oxygen atoms in total. The van der Waals surface area contributed by atoms with Gasteiger partial charge in [0.15, 0.2) is 6.10 Å². The quantitative estimate of drug-likeness (QED) is 0.905. The molecule has 1 aromatic rings. The maximum absolute atomic E-state index is 11.8. The van der Waals surface area contributed by atoms with Gasteiger partial charge in [-0.25, -0.2) is 0 Å². The van der Waals surface area contributed by atoms with Crippen LogP contribution in [0.5, 0.6) is 5.75 Å². The largest absolute Gasteiger partial charge is 0.481 e. The molecule has 0 saturated carbocycles. The minimum atomic E-state index is -0.479. The van der Waals surface area contributed by atoms with Crippen molar-refractivity contribution < 1.29 is 9.53 Å². The van der Waals surface area contributed by atoms with Gasteiger partial charge in [0, 0.05) is 20.1 Å². The summed E-state index contributed by atoms with van der Waals surface area (Å²) in [6.07, 6.45) is 2.76. The van der Waals surface area contributed by atoms with Gasteiger partial charge in [-0.05, 0) is 49.4 Å². The molecule has 19 heavy (non-hydrogen) atoms. The van der Waals surface area contributed by atoms with Gasteiger partial charge in [0.05, 0.1) is 0 Å². The first kappa shape index (κ1) is 13.9. The van der Waals surface area contributed by atoms with Crippen molar-refractivity contribution in [1.82, 2.24) is 4.90 Å². The monoisotopic (exact) mass is 262 g/mol. The van der Waals surface area contributed by atoms with E-state index in [2.05, 4.69) is 6.07 Å². The molecule has 0 radical (unpaired) electrons. The average molecular weight is 262 g/mol. The number of aryl methyl sites for hydroxylation is 1. The van der Waals surface area contributed by atoms with E-state index >= 15 is 0 Å². The first-order valence-corrected chi connectivity index (χ1v) is 6.75. The number of ether oxygens (including phenoxy) is 1. The van der Waals surface area contributed by atoms with Crippen LogP contribution in [0.2, 0.25) is 0 Å². The van der Waals surface area contributed by atoms with Crippen LogP contribution in [-0.4, -0.2) is 31.0 Å². The Hall–Kier alpha value is -1.55. The molecule has 0 heterocycles. The number of hydrogen-bond donors (Lipinski definition) is 1. The summed E-state index contributed by atoms with van der Waals surface area (Å²) in [5.41, 5.74) is 8.59. The van der Waals surface area contributed by atoms with Crippen LogP contribution in [0.3, 0.4) is 0 Å². The number of benzene rings is 1. The lowest BCUT2D eigenvalue weighted by Crippen LogP contribution is -2.35. The molecule has 0 spiro atoms. The van der Waals surface area contributed by atoms with Crippen LogP contribution < -0.4 is 10.5 Å². The van der Waals surface area contributed by atoms with E-state index in [0.29, 0.717) is 0 Å². The van der Waals surface area contributed by atoms with Crippen LogP contribution >= 0.6 is 0 Å². The molecule has 0 fully saturated rings. The van der Waals surface area contributed by atoms with Gasteiger partial charge in [-0.1, -0.05) is 6.07 Å². The second-order valence-electron chi connectivity index (χ2n) is 5.35. The molecule has 2 atom stereocenters. The van der Waals surface area contributed by atoms with Crippen molar-refractivity contribution in [2.75, 3.05) is 14.1 Å². The standard InChI is InChI=1S/C15H22N2O2/c1-10(15(18)17(2)3)19-12-8-7-11-5-4-6-14(16)13(11)9-12/h7-10,14H,4-6,16H2,1-3H3/t10?,14-/m1/s1. The van der Waals surface area contributed by atoms with Crippen molar-refractivity contribution in [2.24, 2.45) is 5.73 Å². The van der Waals surface area contributed by atoms with Crippen molar-refractivity contribution in [1.29, 1.82) is 0 Å². The van der Waals surface area contributed by atoms with E-state index in [0.717, 1.165) is 30.6 Å². The molecule has 4 heteroatoms. The Morgan fingerprint density at radius 2 is 2.21 bits per heavy atom. The van der Waals surface area contributed by atoms with E-state index in [4.69, 9.17) is 10.5 Å². The van der Waals surface area contributed by atoms with Gasteiger partial charge in [-0.3, -0.25) is 4.79 Å². The number of fused-ring (bicyclic) bond motifs is 1. The molecule has 2 N–H and O–H groups in total. The highest BCUT2D eigenvalue weighted by molar-refractivity contribution is 5.80. The van der Waals surface area contributed by atoms with E-state index < -0.39 is 6.10 Å². The highest BCUT2D eigenvalue weighted by atomic mass is 16.5. The number of likely N-dealkylation sites (N-methyl/N-ethyl adjacent to an activating group) is 1. The minimum absolute atomic E-state index is 0.0398. The molecule has 0 bridgehead atoms. The number of rotatable bonds is 3. The molecule has 1 unspecified atom stereocenters. The normalized spacial score (nSPS) is 19.5. The van der Waals surface area contributed by atoms with Crippen LogP contribution in [0.15, 0.2) is 18.2 Å². The number of nitrogens with two attached hydrogens (primary N) is 1. The second-order valence-corrected chi connectivity index (χ2v) is 5.35. The number of amides is 1. The summed E-state index contributed by atoms with van der Waals surface area (Å²) >= 11 is 0. The predicted molar refractivity (Wildman–Crippen MR) is 75.1 cm³/mol. The Morgan fingerprint density at radius 1 is 1.47 bits per heavy atom. The topological polar surface area (TPSA) is 55.6 Å². The fourth-order valence-electron chi connectivity index (χ4n) is 2.51. The lowest BCUT2D eigenvalue weighted by atomic mass is 9.88. The maximum atomic E-state index is 11.8. The van der Waals surface area contributed by atoms with Gasteiger partial charge >= 0.3 is 0 Å². The third-order valence-electron chi connectivity index (χ3n) is 3.58. The number of carbonyl (C=O) groups is 1. The van der Waals surface area contributed by atoms with Crippen LogP contribution in [-0.2, 0) is 11.2 Å². The molecule has 0 aliphatic heterocycles. The van der Waals surface area contributed by atoms with E-state index in [1.54, 1.807) is 21.0 Å². The van der Waals surface area contributed by atoms with Gasteiger partial charge in [0.2, 0.25) is 0 Å². The van der Waals surface area contributed by atoms with Crippen LogP contribution in [0.25, 0.3) is 0 Å². The molecule has 104 valence electrons. The van der Waals surface area contributed by atoms with Crippen molar-refractivity contribution in [3.63, 3.8) is 0 Å². The molecule has 0 aromatic heterocycles. The first-order chi connectivity index (χ1) is 8.99. The predicted octanol–water partition coefficient (Wildman–Crippen LogP) is 1.88. The Morgan fingerprint density at radius 3 is 2.89 bits per heavy atom.